The molecular weight excluding hydrogens is 242 g/mol. The molecule has 1 aromatic carbocycles. The van der Waals surface area contributed by atoms with Crippen LogP contribution in [0.25, 0.3) is 0 Å². The molecule has 0 aliphatic heterocycles. The zero-order valence-electron chi connectivity index (χ0n) is 9.70. The van der Waals surface area contributed by atoms with Gasteiger partial charge in [0.2, 0.25) is 0 Å². The average Bonchev–Trinajstić information content (AvgIpc) is 2.26. The Morgan fingerprint density at radius 2 is 2.06 bits per heavy atom. The third kappa shape index (κ3) is 4.44. The lowest BCUT2D eigenvalue weighted by atomic mass is 10.2. The lowest BCUT2D eigenvalue weighted by molar-refractivity contribution is -0.152. The van der Waals surface area contributed by atoms with Crippen molar-refractivity contribution in [2.75, 3.05) is 0 Å². The molecule has 0 spiro atoms. The Bertz CT molecular complexity index is 420. The molecule has 0 unspecified atom stereocenters. The lowest BCUT2D eigenvalue weighted by Gasteiger charge is -2.12. The van der Waals surface area contributed by atoms with Crippen LogP contribution in [-0.2, 0) is 20.9 Å². The van der Waals surface area contributed by atoms with Crippen LogP contribution in [0.3, 0.4) is 0 Å². The summed E-state index contributed by atoms with van der Waals surface area (Å²) >= 11 is 5.93. The van der Waals surface area contributed by atoms with Gasteiger partial charge in [-0.25, -0.2) is 0 Å². The molecule has 1 N–H and O–H groups in total. The van der Waals surface area contributed by atoms with E-state index in [4.69, 9.17) is 16.3 Å². The van der Waals surface area contributed by atoms with Crippen molar-refractivity contribution < 1.29 is 14.3 Å². The van der Waals surface area contributed by atoms with Crippen molar-refractivity contribution in [3.05, 3.63) is 34.9 Å². The quantitative estimate of drug-likeness (QED) is 0.836. The highest BCUT2D eigenvalue weighted by Crippen LogP contribution is 2.14. The summed E-state index contributed by atoms with van der Waals surface area (Å²) < 4.78 is 4.75. The number of benzene rings is 1. The summed E-state index contributed by atoms with van der Waals surface area (Å²) in [6, 6.07) is 7.22. The highest BCUT2D eigenvalue weighted by molar-refractivity contribution is 6.31. The van der Waals surface area contributed by atoms with Crippen LogP contribution in [0.2, 0.25) is 5.02 Å². The largest absolute Gasteiger partial charge is 0.453 e. The first-order chi connectivity index (χ1) is 8.00. The summed E-state index contributed by atoms with van der Waals surface area (Å²) in [5.41, 5.74) is 0.817. The van der Waals surface area contributed by atoms with E-state index in [1.54, 1.807) is 6.07 Å². The van der Waals surface area contributed by atoms with E-state index in [0.717, 1.165) is 5.56 Å². The minimum absolute atomic E-state index is 0.310. The van der Waals surface area contributed by atoms with Gasteiger partial charge in [0.15, 0.2) is 6.10 Å². The molecule has 92 valence electrons. The molecule has 1 rings (SSSR count). The maximum atomic E-state index is 11.5. The second kappa shape index (κ2) is 6.25. The third-order valence-electron chi connectivity index (χ3n) is 2.12. The van der Waals surface area contributed by atoms with Crippen molar-refractivity contribution in [2.24, 2.45) is 0 Å². The number of nitrogens with one attached hydrogen (secondary N) is 1. The van der Waals surface area contributed by atoms with E-state index in [0.29, 0.717) is 11.6 Å². The SMILES string of the molecule is CC(=O)O[C@H](C)C(=O)NCc1ccccc1Cl. The smallest absolute Gasteiger partial charge is 0.303 e. The maximum absolute atomic E-state index is 11.5. The summed E-state index contributed by atoms with van der Waals surface area (Å²) in [5.74, 6) is -0.828. The van der Waals surface area contributed by atoms with Crippen molar-refractivity contribution in [3.63, 3.8) is 0 Å². The van der Waals surface area contributed by atoms with Crippen LogP contribution in [0.15, 0.2) is 24.3 Å². The van der Waals surface area contributed by atoms with Gasteiger partial charge in [-0.1, -0.05) is 29.8 Å². The standard InChI is InChI=1S/C12H14ClNO3/c1-8(17-9(2)15)12(16)14-7-10-5-3-4-6-11(10)13/h3-6,8H,7H2,1-2H3,(H,14,16)/t8-/m1/s1. The predicted molar refractivity (Wildman–Crippen MR) is 64.5 cm³/mol. The molecular formula is C12H14ClNO3. The highest BCUT2D eigenvalue weighted by atomic mass is 35.5. The molecule has 0 heterocycles. The van der Waals surface area contributed by atoms with E-state index in [1.807, 2.05) is 18.2 Å². The first-order valence-corrected chi connectivity index (χ1v) is 5.57. The molecule has 4 nitrogen and oxygen atoms in total. The molecule has 0 radical (unpaired) electrons. The van der Waals surface area contributed by atoms with Crippen LogP contribution in [0.1, 0.15) is 19.4 Å². The topological polar surface area (TPSA) is 55.4 Å². The molecule has 1 atom stereocenters. The number of carbonyl (C=O) groups excluding carboxylic acids is 2. The van der Waals surface area contributed by atoms with Crippen molar-refractivity contribution in [3.8, 4) is 0 Å². The Labute approximate surface area is 105 Å². The summed E-state index contributed by atoms with van der Waals surface area (Å²) in [7, 11) is 0. The van der Waals surface area contributed by atoms with Crippen LogP contribution in [0.4, 0.5) is 0 Å². The van der Waals surface area contributed by atoms with Gasteiger partial charge in [-0.2, -0.15) is 0 Å². The van der Waals surface area contributed by atoms with Crippen LogP contribution in [0.5, 0.6) is 0 Å². The fraction of sp³-hybridized carbons (Fsp3) is 0.333. The fourth-order valence-corrected chi connectivity index (χ4v) is 1.47. The van der Waals surface area contributed by atoms with Crippen molar-refractivity contribution in [2.45, 2.75) is 26.5 Å². The molecule has 5 heteroatoms. The molecule has 0 aliphatic carbocycles. The monoisotopic (exact) mass is 255 g/mol. The van der Waals surface area contributed by atoms with Gasteiger partial charge >= 0.3 is 5.97 Å². The molecule has 1 aromatic rings. The predicted octanol–water partition coefficient (Wildman–Crippen LogP) is 1.91. The summed E-state index contributed by atoms with van der Waals surface area (Å²) in [4.78, 5) is 22.2. The zero-order valence-corrected chi connectivity index (χ0v) is 10.5. The number of rotatable bonds is 4. The van der Waals surface area contributed by atoms with Gasteiger partial charge in [-0.05, 0) is 18.6 Å². The van der Waals surface area contributed by atoms with Crippen LogP contribution in [0, 0.1) is 0 Å². The lowest BCUT2D eigenvalue weighted by Crippen LogP contribution is -2.35. The maximum Gasteiger partial charge on any atom is 0.303 e. The molecule has 1 amide bonds. The number of ether oxygens (including phenoxy) is 1. The number of esters is 1. The van der Waals surface area contributed by atoms with E-state index in [9.17, 15) is 9.59 Å². The van der Waals surface area contributed by atoms with Gasteiger partial charge in [-0.3, -0.25) is 9.59 Å². The fourth-order valence-electron chi connectivity index (χ4n) is 1.27. The van der Waals surface area contributed by atoms with Gasteiger partial charge in [0.25, 0.3) is 5.91 Å². The minimum atomic E-state index is -0.796. The van der Waals surface area contributed by atoms with E-state index in [-0.39, 0.29) is 5.91 Å². The molecule has 0 aliphatic rings. The number of halogens is 1. The molecule has 0 aromatic heterocycles. The molecule has 0 saturated carbocycles. The van der Waals surface area contributed by atoms with Crippen LogP contribution in [-0.4, -0.2) is 18.0 Å². The second-order valence-electron chi connectivity index (χ2n) is 3.56. The second-order valence-corrected chi connectivity index (χ2v) is 3.97. The summed E-state index contributed by atoms with van der Waals surface area (Å²) in [6.45, 7) is 3.09. The van der Waals surface area contributed by atoms with Gasteiger partial charge < -0.3 is 10.1 Å². The third-order valence-corrected chi connectivity index (χ3v) is 2.49. The van der Waals surface area contributed by atoms with E-state index in [2.05, 4.69) is 5.32 Å². The van der Waals surface area contributed by atoms with Gasteiger partial charge in [0.1, 0.15) is 0 Å². The van der Waals surface area contributed by atoms with Crippen LogP contribution >= 0.6 is 11.6 Å². The number of amides is 1. The molecule has 0 fully saturated rings. The number of carbonyl (C=O) groups is 2. The normalized spacial score (nSPS) is 11.7. The van der Waals surface area contributed by atoms with Gasteiger partial charge in [0.05, 0.1) is 0 Å². The Morgan fingerprint density at radius 3 is 2.65 bits per heavy atom. The van der Waals surface area contributed by atoms with E-state index >= 15 is 0 Å². The van der Waals surface area contributed by atoms with Gasteiger partial charge in [0, 0.05) is 18.5 Å². The average molecular weight is 256 g/mol. The Kier molecular flexibility index (Phi) is 4.97. The van der Waals surface area contributed by atoms with Crippen molar-refractivity contribution >= 4 is 23.5 Å². The zero-order chi connectivity index (χ0) is 12.8. The van der Waals surface area contributed by atoms with E-state index < -0.39 is 12.1 Å². The first-order valence-electron chi connectivity index (χ1n) is 5.19. The molecule has 0 saturated heterocycles. The Morgan fingerprint density at radius 1 is 1.41 bits per heavy atom. The number of hydrogen-bond acceptors (Lipinski definition) is 3. The molecule has 0 bridgehead atoms. The summed E-state index contributed by atoms with van der Waals surface area (Å²) in [5, 5.41) is 3.23. The van der Waals surface area contributed by atoms with E-state index in [1.165, 1.54) is 13.8 Å². The summed E-state index contributed by atoms with van der Waals surface area (Å²) in [6.07, 6.45) is -0.796. The van der Waals surface area contributed by atoms with Crippen LogP contribution < -0.4 is 5.32 Å². The Hall–Kier alpha value is -1.55. The highest BCUT2D eigenvalue weighted by Gasteiger charge is 2.15. The molecule has 17 heavy (non-hydrogen) atoms. The first kappa shape index (κ1) is 13.5. The van der Waals surface area contributed by atoms with Gasteiger partial charge in [-0.15, -0.1) is 0 Å². The van der Waals surface area contributed by atoms with Crippen molar-refractivity contribution in [1.29, 1.82) is 0 Å². The minimum Gasteiger partial charge on any atom is -0.453 e. The number of hydrogen-bond donors (Lipinski definition) is 1. The van der Waals surface area contributed by atoms with Crippen molar-refractivity contribution in [1.82, 2.24) is 5.32 Å². The Balaban J connectivity index is 2.48.